The smallest absolute Gasteiger partial charge is 0.100 e. The number of aryl methyl sites for hydroxylation is 1. The molecule has 1 aliphatic heterocycles. The van der Waals surface area contributed by atoms with E-state index in [2.05, 4.69) is 60.9 Å². The Morgan fingerprint density at radius 3 is 2.76 bits per heavy atom. The highest BCUT2D eigenvalue weighted by Gasteiger charge is 2.16. The van der Waals surface area contributed by atoms with Gasteiger partial charge in [0.25, 0.3) is 0 Å². The van der Waals surface area contributed by atoms with E-state index in [0.29, 0.717) is 0 Å². The van der Waals surface area contributed by atoms with Gasteiger partial charge in [0.05, 0.1) is 5.69 Å². The lowest BCUT2D eigenvalue weighted by molar-refractivity contribution is 1.23. The maximum Gasteiger partial charge on any atom is 0.100 e. The van der Waals surface area contributed by atoms with Gasteiger partial charge in [0.1, 0.15) is 5.04 Å². The van der Waals surface area contributed by atoms with E-state index in [-0.39, 0.29) is 0 Å². The first-order valence-corrected chi connectivity index (χ1v) is 8.87. The third-order valence-electron chi connectivity index (χ3n) is 3.20. The first-order chi connectivity index (χ1) is 10.3. The molecule has 0 radical (unpaired) electrons. The second kappa shape index (κ2) is 7.01. The van der Waals surface area contributed by atoms with Crippen LogP contribution in [0.3, 0.4) is 0 Å². The molecule has 1 saturated heterocycles. The van der Waals surface area contributed by atoms with Gasteiger partial charge in [-0.05, 0) is 54.2 Å². The van der Waals surface area contributed by atoms with Crippen molar-refractivity contribution < 1.29 is 0 Å². The summed E-state index contributed by atoms with van der Waals surface area (Å²) in [6, 6.07) is 18.9. The van der Waals surface area contributed by atoms with Crippen LogP contribution in [0.2, 0.25) is 0 Å². The molecule has 0 N–H and O–H groups in total. The number of thioether (sulfide) groups is 2. The third-order valence-corrected chi connectivity index (χ3v) is 5.18. The molecule has 0 saturated carbocycles. The lowest BCUT2D eigenvalue weighted by Gasteiger charge is -2.01. The lowest BCUT2D eigenvalue weighted by Crippen LogP contribution is -1.88. The van der Waals surface area contributed by atoms with Crippen molar-refractivity contribution in [3.63, 3.8) is 0 Å². The van der Waals surface area contributed by atoms with Gasteiger partial charge in [0.2, 0.25) is 0 Å². The van der Waals surface area contributed by atoms with Crippen LogP contribution < -0.4 is 0 Å². The van der Waals surface area contributed by atoms with E-state index in [0.717, 1.165) is 17.9 Å². The number of aliphatic imine (C=N–C) groups is 1. The Morgan fingerprint density at radius 2 is 1.95 bits per heavy atom. The zero-order valence-electron chi connectivity index (χ0n) is 12.0. The molecule has 0 aliphatic carbocycles. The molecule has 0 bridgehead atoms. The fraction of sp³-hybridized carbons (Fsp3) is 0.167. The Bertz CT molecular complexity index is 675. The van der Waals surface area contributed by atoms with E-state index in [9.17, 15) is 0 Å². The van der Waals surface area contributed by atoms with Crippen molar-refractivity contribution in [1.29, 1.82) is 0 Å². The molecule has 1 fully saturated rings. The first kappa shape index (κ1) is 14.5. The summed E-state index contributed by atoms with van der Waals surface area (Å²) in [6.07, 6.45) is 1.11. The largest absolute Gasteiger partial charge is 0.242 e. The van der Waals surface area contributed by atoms with Crippen LogP contribution in [0.4, 0.5) is 5.69 Å². The summed E-state index contributed by atoms with van der Waals surface area (Å²) < 4.78 is 0. The van der Waals surface area contributed by atoms with Crippen LogP contribution in [-0.2, 0) is 0 Å². The van der Waals surface area contributed by atoms with Crippen molar-refractivity contribution in [3.8, 4) is 0 Å². The quantitative estimate of drug-likeness (QED) is 0.660. The minimum atomic E-state index is 1.05. The molecular formula is C18H17NS2. The number of hydrogen-bond acceptors (Lipinski definition) is 3. The summed E-state index contributed by atoms with van der Waals surface area (Å²) in [6.45, 7) is 2.10. The molecule has 0 spiro atoms. The van der Waals surface area contributed by atoms with Crippen LogP contribution in [-0.4, -0.2) is 10.8 Å². The topological polar surface area (TPSA) is 12.4 Å². The van der Waals surface area contributed by atoms with Crippen LogP contribution >= 0.6 is 23.5 Å². The molecule has 21 heavy (non-hydrogen) atoms. The molecular weight excluding hydrogens is 294 g/mol. The van der Waals surface area contributed by atoms with Crippen molar-refractivity contribution >= 4 is 34.3 Å². The average molecular weight is 311 g/mol. The molecule has 3 rings (SSSR count). The Labute approximate surface area is 134 Å². The Hall–Kier alpha value is -1.45. The highest BCUT2D eigenvalue weighted by atomic mass is 32.2. The zero-order valence-corrected chi connectivity index (χ0v) is 13.6. The predicted molar refractivity (Wildman–Crippen MR) is 95.7 cm³/mol. The van der Waals surface area contributed by atoms with Gasteiger partial charge in [-0.3, -0.25) is 0 Å². The predicted octanol–water partition coefficient (Wildman–Crippen LogP) is 5.84. The summed E-state index contributed by atoms with van der Waals surface area (Å²) in [5.41, 5.74) is 3.66. The normalized spacial score (nSPS) is 18.5. The monoisotopic (exact) mass is 311 g/mol. The fourth-order valence-electron chi connectivity index (χ4n) is 2.12. The van der Waals surface area contributed by atoms with Crippen LogP contribution in [0.1, 0.15) is 12.0 Å². The summed E-state index contributed by atoms with van der Waals surface area (Å²) in [5, 5.41) is 3.42. The molecule has 1 aliphatic rings. The first-order valence-electron chi connectivity index (χ1n) is 7.00. The number of rotatable bonds is 3. The average Bonchev–Trinajstić information content (AvgIpc) is 2.93. The van der Waals surface area contributed by atoms with Crippen molar-refractivity contribution in [2.45, 2.75) is 18.2 Å². The van der Waals surface area contributed by atoms with E-state index >= 15 is 0 Å². The van der Waals surface area contributed by atoms with E-state index in [1.807, 2.05) is 17.8 Å². The van der Waals surface area contributed by atoms with Crippen molar-refractivity contribution in [2.24, 2.45) is 4.99 Å². The maximum absolute atomic E-state index is 4.81. The summed E-state index contributed by atoms with van der Waals surface area (Å²) in [4.78, 5) is 6.09. The van der Waals surface area contributed by atoms with Crippen LogP contribution in [0.25, 0.3) is 0 Å². The Morgan fingerprint density at radius 1 is 1.10 bits per heavy atom. The molecule has 1 heterocycles. The van der Waals surface area contributed by atoms with Crippen LogP contribution in [0.15, 0.2) is 75.5 Å². The van der Waals surface area contributed by atoms with Gasteiger partial charge in [-0.2, -0.15) is 0 Å². The Kier molecular flexibility index (Phi) is 4.84. The zero-order chi connectivity index (χ0) is 14.5. The van der Waals surface area contributed by atoms with E-state index < -0.39 is 0 Å². The van der Waals surface area contributed by atoms with Gasteiger partial charge in [-0.1, -0.05) is 42.1 Å². The minimum absolute atomic E-state index is 1.05. The van der Waals surface area contributed by atoms with Gasteiger partial charge in [-0.25, -0.2) is 4.99 Å². The minimum Gasteiger partial charge on any atom is -0.242 e. The molecule has 0 unspecified atom stereocenters. The van der Waals surface area contributed by atoms with Crippen LogP contribution in [0, 0.1) is 6.92 Å². The number of hydrogen-bond donors (Lipinski definition) is 0. The van der Waals surface area contributed by atoms with Crippen molar-refractivity contribution in [1.82, 2.24) is 0 Å². The summed E-state index contributed by atoms with van der Waals surface area (Å²) in [7, 11) is 0. The van der Waals surface area contributed by atoms with Gasteiger partial charge in [-0.15, -0.1) is 11.8 Å². The maximum atomic E-state index is 4.81. The highest BCUT2D eigenvalue weighted by molar-refractivity contribution is 8.15. The lowest BCUT2D eigenvalue weighted by atomic mass is 10.2. The molecule has 3 heteroatoms. The molecule has 0 aromatic heterocycles. The second-order valence-corrected chi connectivity index (χ2v) is 6.95. The number of nitrogens with zero attached hydrogens (tertiary/aromatic N) is 1. The fourth-order valence-corrected chi connectivity index (χ4v) is 4.05. The molecule has 1 nitrogen and oxygen atoms in total. The molecule has 0 amide bonds. The summed E-state index contributed by atoms with van der Waals surface area (Å²) >= 11 is 3.63. The SMILES string of the molecule is Cc1cccc(N=C2SCC/C2=C\Sc2ccccc2)c1. The molecule has 2 aromatic carbocycles. The Balaban J connectivity index is 1.79. The van der Waals surface area contributed by atoms with Crippen molar-refractivity contribution in [2.75, 3.05) is 5.75 Å². The molecule has 2 aromatic rings. The standard InChI is InChI=1S/C18H17NS2/c1-14-6-5-7-16(12-14)19-18-15(10-11-20-18)13-21-17-8-3-2-4-9-17/h2-9,12-13H,10-11H2,1H3/b15-13+,19-18?. The van der Waals surface area contributed by atoms with Gasteiger partial charge >= 0.3 is 0 Å². The highest BCUT2D eigenvalue weighted by Crippen LogP contribution is 2.32. The van der Waals surface area contributed by atoms with Crippen LogP contribution in [0.5, 0.6) is 0 Å². The van der Waals surface area contributed by atoms with E-state index in [1.165, 1.54) is 21.1 Å². The third kappa shape index (κ3) is 4.02. The van der Waals surface area contributed by atoms with Gasteiger partial charge in [0.15, 0.2) is 0 Å². The second-order valence-electron chi connectivity index (χ2n) is 4.93. The van der Waals surface area contributed by atoms with E-state index in [4.69, 9.17) is 4.99 Å². The molecule has 106 valence electrons. The van der Waals surface area contributed by atoms with E-state index in [1.54, 1.807) is 11.8 Å². The van der Waals surface area contributed by atoms with Crippen molar-refractivity contribution in [3.05, 3.63) is 71.1 Å². The van der Waals surface area contributed by atoms with Gasteiger partial charge in [0, 0.05) is 10.6 Å². The number of benzene rings is 2. The molecule has 0 atom stereocenters. The summed E-state index contributed by atoms with van der Waals surface area (Å²) in [5.74, 6) is 1.13. The van der Waals surface area contributed by atoms with Gasteiger partial charge < -0.3 is 0 Å².